The predicted octanol–water partition coefficient (Wildman–Crippen LogP) is 2.78. The van der Waals surface area contributed by atoms with E-state index in [4.69, 9.17) is 0 Å². The van der Waals surface area contributed by atoms with Gasteiger partial charge in [0.25, 0.3) is 0 Å². The number of nitrogens with one attached hydrogen (secondary N) is 1. The van der Waals surface area contributed by atoms with Crippen LogP contribution in [-0.2, 0) is 16.0 Å². The Labute approximate surface area is 161 Å². The van der Waals surface area contributed by atoms with Gasteiger partial charge in [-0.25, -0.2) is 0 Å². The van der Waals surface area contributed by atoms with Crippen molar-refractivity contribution >= 4 is 17.5 Å². The molecule has 5 heteroatoms. The summed E-state index contributed by atoms with van der Waals surface area (Å²) >= 11 is 0. The summed E-state index contributed by atoms with van der Waals surface area (Å²) in [6.45, 7) is 6.59. The third-order valence-corrected chi connectivity index (χ3v) is 5.12. The van der Waals surface area contributed by atoms with Gasteiger partial charge in [-0.15, -0.1) is 0 Å². The zero-order valence-electron chi connectivity index (χ0n) is 16.0. The fourth-order valence-electron chi connectivity index (χ4n) is 3.33. The lowest BCUT2D eigenvalue weighted by molar-refractivity contribution is -0.146. The number of para-hydroxylation sites is 1. The average Bonchev–Trinajstić information content (AvgIpc) is 2.74. The molecule has 0 aliphatic carbocycles. The molecule has 2 aromatic carbocycles. The maximum atomic E-state index is 12.5. The summed E-state index contributed by atoms with van der Waals surface area (Å²) in [6.07, 6.45) is 0.981. The fraction of sp³-hybridized carbons (Fsp3) is 0.364. The summed E-state index contributed by atoms with van der Waals surface area (Å²) in [5.74, 6) is -0.977. The molecular weight excluding hydrogens is 338 g/mol. The van der Waals surface area contributed by atoms with Crippen molar-refractivity contribution in [2.45, 2.75) is 26.3 Å². The number of rotatable bonds is 4. The van der Waals surface area contributed by atoms with E-state index >= 15 is 0 Å². The van der Waals surface area contributed by atoms with Gasteiger partial charge in [-0.2, -0.15) is 0 Å². The lowest BCUT2D eigenvalue weighted by Crippen LogP contribution is -2.52. The van der Waals surface area contributed by atoms with Gasteiger partial charge in [-0.1, -0.05) is 49.4 Å². The van der Waals surface area contributed by atoms with Crippen molar-refractivity contribution in [3.63, 3.8) is 0 Å². The minimum atomic E-state index is -0.532. The Morgan fingerprint density at radius 1 is 0.963 bits per heavy atom. The van der Waals surface area contributed by atoms with E-state index in [2.05, 4.69) is 41.4 Å². The van der Waals surface area contributed by atoms with Gasteiger partial charge in [0.1, 0.15) is 0 Å². The van der Waals surface area contributed by atoms with E-state index in [9.17, 15) is 9.59 Å². The highest BCUT2D eigenvalue weighted by Gasteiger charge is 2.27. The van der Waals surface area contributed by atoms with Gasteiger partial charge in [0, 0.05) is 31.9 Å². The van der Waals surface area contributed by atoms with E-state index in [1.165, 1.54) is 5.56 Å². The Kier molecular flexibility index (Phi) is 6.12. The first-order valence-corrected chi connectivity index (χ1v) is 9.57. The molecule has 0 aromatic heterocycles. The van der Waals surface area contributed by atoms with Gasteiger partial charge >= 0.3 is 11.8 Å². The van der Waals surface area contributed by atoms with Crippen molar-refractivity contribution in [1.82, 2.24) is 10.2 Å². The molecule has 1 heterocycles. The van der Waals surface area contributed by atoms with Gasteiger partial charge in [-0.05, 0) is 36.6 Å². The molecule has 1 unspecified atom stereocenters. The van der Waals surface area contributed by atoms with Gasteiger partial charge < -0.3 is 15.1 Å². The maximum Gasteiger partial charge on any atom is 0.312 e. The van der Waals surface area contributed by atoms with Crippen LogP contribution in [-0.4, -0.2) is 42.9 Å². The van der Waals surface area contributed by atoms with Crippen LogP contribution < -0.4 is 10.2 Å². The van der Waals surface area contributed by atoms with Crippen molar-refractivity contribution in [1.29, 1.82) is 0 Å². The first-order valence-electron chi connectivity index (χ1n) is 9.57. The molecule has 1 saturated heterocycles. The van der Waals surface area contributed by atoms with Crippen molar-refractivity contribution in [3.05, 3.63) is 65.7 Å². The van der Waals surface area contributed by atoms with Crippen molar-refractivity contribution in [3.8, 4) is 0 Å². The van der Waals surface area contributed by atoms with Gasteiger partial charge in [-0.3, -0.25) is 9.59 Å². The number of hydrogen-bond acceptors (Lipinski definition) is 3. The second-order valence-electron chi connectivity index (χ2n) is 6.91. The van der Waals surface area contributed by atoms with E-state index in [1.807, 2.05) is 37.3 Å². The highest BCUT2D eigenvalue weighted by Crippen LogP contribution is 2.16. The third-order valence-electron chi connectivity index (χ3n) is 5.12. The molecule has 0 radical (unpaired) electrons. The zero-order valence-corrected chi connectivity index (χ0v) is 16.0. The SMILES string of the molecule is CCc1ccc(C(C)NC(=O)C(=O)N2CCN(c3ccccc3)CC2)cc1. The number of carbonyl (C=O) groups is 2. The summed E-state index contributed by atoms with van der Waals surface area (Å²) in [4.78, 5) is 28.8. The van der Waals surface area contributed by atoms with Crippen LogP contribution in [0.25, 0.3) is 0 Å². The van der Waals surface area contributed by atoms with Crippen LogP contribution in [0.3, 0.4) is 0 Å². The number of anilines is 1. The summed E-state index contributed by atoms with van der Waals surface area (Å²) in [6, 6.07) is 18.1. The molecule has 5 nitrogen and oxygen atoms in total. The van der Waals surface area contributed by atoms with Crippen LogP contribution >= 0.6 is 0 Å². The Morgan fingerprint density at radius 2 is 1.59 bits per heavy atom. The van der Waals surface area contributed by atoms with Crippen LogP contribution in [0.5, 0.6) is 0 Å². The van der Waals surface area contributed by atoms with E-state index < -0.39 is 11.8 Å². The summed E-state index contributed by atoms with van der Waals surface area (Å²) in [7, 11) is 0. The zero-order chi connectivity index (χ0) is 19.2. The molecule has 1 fully saturated rings. The summed E-state index contributed by atoms with van der Waals surface area (Å²) in [5, 5.41) is 2.83. The number of piperazine rings is 1. The molecule has 1 atom stereocenters. The van der Waals surface area contributed by atoms with Crippen molar-refractivity contribution in [2.24, 2.45) is 0 Å². The van der Waals surface area contributed by atoms with Gasteiger partial charge in [0.2, 0.25) is 0 Å². The van der Waals surface area contributed by atoms with Crippen molar-refractivity contribution < 1.29 is 9.59 Å². The molecular formula is C22H27N3O2. The quantitative estimate of drug-likeness (QED) is 0.848. The maximum absolute atomic E-state index is 12.5. The molecule has 142 valence electrons. The number of carbonyl (C=O) groups excluding carboxylic acids is 2. The van der Waals surface area contributed by atoms with E-state index in [-0.39, 0.29) is 6.04 Å². The largest absolute Gasteiger partial charge is 0.368 e. The molecule has 1 N–H and O–H groups in total. The first-order chi connectivity index (χ1) is 13.1. The van der Waals surface area contributed by atoms with Crippen LogP contribution in [0, 0.1) is 0 Å². The monoisotopic (exact) mass is 365 g/mol. The lowest BCUT2D eigenvalue weighted by atomic mass is 10.0. The molecule has 1 aliphatic heterocycles. The van der Waals surface area contributed by atoms with Crippen molar-refractivity contribution in [2.75, 3.05) is 31.1 Å². The minimum absolute atomic E-state index is 0.196. The van der Waals surface area contributed by atoms with Crippen LogP contribution in [0.2, 0.25) is 0 Å². The molecule has 1 aliphatic rings. The minimum Gasteiger partial charge on any atom is -0.368 e. The van der Waals surface area contributed by atoms with E-state index in [0.717, 1.165) is 30.8 Å². The highest BCUT2D eigenvalue weighted by molar-refractivity contribution is 6.35. The number of nitrogens with zero attached hydrogens (tertiary/aromatic N) is 2. The van der Waals surface area contributed by atoms with E-state index in [1.54, 1.807) is 4.90 Å². The van der Waals surface area contributed by atoms with Gasteiger partial charge in [0.05, 0.1) is 6.04 Å². The number of benzene rings is 2. The van der Waals surface area contributed by atoms with Crippen LogP contribution in [0.1, 0.15) is 31.0 Å². The molecule has 27 heavy (non-hydrogen) atoms. The number of hydrogen-bond donors (Lipinski definition) is 1. The van der Waals surface area contributed by atoms with Crippen LogP contribution in [0.15, 0.2) is 54.6 Å². The highest BCUT2D eigenvalue weighted by atomic mass is 16.2. The number of aryl methyl sites for hydroxylation is 1. The predicted molar refractivity (Wildman–Crippen MR) is 108 cm³/mol. The smallest absolute Gasteiger partial charge is 0.312 e. The Balaban J connectivity index is 1.52. The number of amides is 2. The molecule has 0 saturated carbocycles. The standard InChI is InChI=1S/C22H27N3O2/c1-3-18-9-11-19(12-10-18)17(2)23-21(26)22(27)25-15-13-24(14-16-25)20-7-5-4-6-8-20/h4-12,17H,3,13-16H2,1-2H3,(H,23,26). The second kappa shape index (κ2) is 8.71. The molecule has 0 bridgehead atoms. The third kappa shape index (κ3) is 4.67. The topological polar surface area (TPSA) is 52.7 Å². The first kappa shape index (κ1) is 19.0. The van der Waals surface area contributed by atoms with E-state index in [0.29, 0.717) is 13.1 Å². The normalized spacial score (nSPS) is 15.3. The van der Waals surface area contributed by atoms with Crippen LogP contribution in [0.4, 0.5) is 5.69 Å². The second-order valence-corrected chi connectivity index (χ2v) is 6.91. The van der Waals surface area contributed by atoms with Gasteiger partial charge in [0.15, 0.2) is 0 Å². The molecule has 2 amide bonds. The average molecular weight is 365 g/mol. The molecule has 2 aromatic rings. The molecule has 0 spiro atoms. The summed E-state index contributed by atoms with van der Waals surface area (Å²) in [5.41, 5.74) is 3.41. The Morgan fingerprint density at radius 3 is 2.19 bits per heavy atom. The summed E-state index contributed by atoms with van der Waals surface area (Å²) < 4.78 is 0. The molecule has 3 rings (SSSR count). The Hall–Kier alpha value is -2.82. The fourth-order valence-corrected chi connectivity index (χ4v) is 3.33. The lowest BCUT2D eigenvalue weighted by Gasteiger charge is -2.35. The Bertz CT molecular complexity index is 766.